The Hall–Kier alpha value is -1.68. The van der Waals surface area contributed by atoms with Crippen molar-refractivity contribution in [2.45, 2.75) is 25.9 Å². The van der Waals surface area contributed by atoms with Crippen LogP contribution in [-0.4, -0.2) is 5.16 Å². The highest BCUT2D eigenvalue weighted by molar-refractivity contribution is 5.20. The Labute approximate surface area is 99.6 Å². The Bertz CT molecular complexity index is 456. The van der Waals surface area contributed by atoms with Crippen molar-refractivity contribution >= 4 is 0 Å². The van der Waals surface area contributed by atoms with Crippen LogP contribution in [-0.2, 0) is 6.54 Å². The molecule has 0 fully saturated rings. The van der Waals surface area contributed by atoms with Gasteiger partial charge in [-0.3, -0.25) is 0 Å². The van der Waals surface area contributed by atoms with Crippen LogP contribution in [0.15, 0.2) is 41.1 Å². The quantitative estimate of drug-likeness (QED) is 0.864. The number of aromatic nitrogens is 1. The monoisotopic (exact) mass is 234 g/mol. The summed E-state index contributed by atoms with van der Waals surface area (Å²) in [6.45, 7) is 2.68. The van der Waals surface area contributed by atoms with Crippen LogP contribution in [0.3, 0.4) is 0 Å². The highest BCUT2D eigenvalue weighted by Crippen LogP contribution is 2.17. The Morgan fingerprint density at radius 1 is 1.41 bits per heavy atom. The summed E-state index contributed by atoms with van der Waals surface area (Å²) in [5.41, 5.74) is 1.80. The topological polar surface area (TPSA) is 38.1 Å². The zero-order chi connectivity index (χ0) is 12.1. The first-order valence-electron chi connectivity index (χ1n) is 5.67. The van der Waals surface area contributed by atoms with Crippen LogP contribution < -0.4 is 5.32 Å². The van der Waals surface area contributed by atoms with Gasteiger partial charge in [0.2, 0.25) is 0 Å². The van der Waals surface area contributed by atoms with Gasteiger partial charge >= 0.3 is 0 Å². The largest absolute Gasteiger partial charge is 0.364 e. The highest BCUT2D eigenvalue weighted by atomic mass is 19.1. The van der Waals surface area contributed by atoms with E-state index in [0.717, 1.165) is 17.7 Å². The van der Waals surface area contributed by atoms with E-state index in [1.165, 1.54) is 6.07 Å². The van der Waals surface area contributed by atoms with Crippen LogP contribution in [0.4, 0.5) is 4.39 Å². The standard InChI is InChI=1S/C13H15FN2O/c1-2-13(10-4-3-5-11(14)8-10)15-9-12-6-7-17-16-12/h3-8,13,15H,2,9H2,1H3. The lowest BCUT2D eigenvalue weighted by atomic mass is 10.0. The molecule has 4 heteroatoms. The van der Waals surface area contributed by atoms with Crippen molar-refractivity contribution in [3.05, 3.63) is 53.7 Å². The van der Waals surface area contributed by atoms with E-state index >= 15 is 0 Å². The van der Waals surface area contributed by atoms with E-state index in [0.29, 0.717) is 6.54 Å². The van der Waals surface area contributed by atoms with Crippen LogP contribution >= 0.6 is 0 Å². The van der Waals surface area contributed by atoms with E-state index in [1.54, 1.807) is 18.4 Å². The first kappa shape index (κ1) is 11.8. The van der Waals surface area contributed by atoms with Crippen molar-refractivity contribution in [3.8, 4) is 0 Å². The van der Waals surface area contributed by atoms with E-state index in [-0.39, 0.29) is 11.9 Å². The predicted molar refractivity (Wildman–Crippen MR) is 62.8 cm³/mol. The minimum atomic E-state index is -0.204. The van der Waals surface area contributed by atoms with Crippen molar-refractivity contribution in [1.29, 1.82) is 0 Å². The fourth-order valence-electron chi connectivity index (χ4n) is 1.78. The molecule has 1 aromatic heterocycles. The Morgan fingerprint density at radius 2 is 2.29 bits per heavy atom. The van der Waals surface area contributed by atoms with Crippen LogP contribution in [0.2, 0.25) is 0 Å². The molecule has 0 saturated heterocycles. The summed E-state index contributed by atoms with van der Waals surface area (Å²) in [7, 11) is 0. The van der Waals surface area contributed by atoms with E-state index in [9.17, 15) is 4.39 Å². The van der Waals surface area contributed by atoms with Crippen LogP contribution in [0.5, 0.6) is 0 Å². The smallest absolute Gasteiger partial charge is 0.124 e. The molecule has 3 nitrogen and oxygen atoms in total. The maximum Gasteiger partial charge on any atom is 0.124 e. The number of nitrogens with zero attached hydrogens (tertiary/aromatic N) is 1. The average Bonchev–Trinajstić information content (AvgIpc) is 2.83. The third kappa shape index (κ3) is 3.14. The van der Waals surface area contributed by atoms with Gasteiger partial charge in [-0.2, -0.15) is 0 Å². The van der Waals surface area contributed by atoms with Gasteiger partial charge in [0.05, 0.1) is 5.69 Å². The summed E-state index contributed by atoms with van der Waals surface area (Å²) in [5, 5.41) is 7.15. The molecule has 2 rings (SSSR count). The molecule has 0 aliphatic carbocycles. The summed E-state index contributed by atoms with van der Waals surface area (Å²) in [4.78, 5) is 0. The van der Waals surface area contributed by atoms with Crippen LogP contribution in [0, 0.1) is 5.82 Å². The number of halogens is 1. The second-order valence-electron chi connectivity index (χ2n) is 3.89. The second-order valence-corrected chi connectivity index (χ2v) is 3.89. The minimum Gasteiger partial charge on any atom is -0.364 e. The Kier molecular flexibility index (Phi) is 3.88. The molecule has 17 heavy (non-hydrogen) atoms. The summed E-state index contributed by atoms with van der Waals surface area (Å²) >= 11 is 0. The van der Waals surface area contributed by atoms with Gasteiger partial charge in [0.25, 0.3) is 0 Å². The molecule has 1 unspecified atom stereocenters. The highest BCUT2D eigenvalue weighted by Gasteiger charge is 2.09. The van der Waals surface area contributed by atoms with Gasteiger partial charge in [0.1, 0.15) is 12.1 Å². The molecular formula is C13H15FN2O. The first-order valence-corrected chi connectivity index (χ1v) is 5.67. The van der Waals surface area contributed by atoms with Crippen LogP contribution in [0.25, 0.3) is 0 Å². The van der Waals surface area contributed by atoms with E-state index < -0.39 is 0 Å². The minimum absolute atomic E-state index is 0.127. The van der Waals surface area contributed by atoms with Gasteiger partial charge < -0.3 is 9.84 Å². The third-order valence-electron chi connectivity index (χ3n) is 2.68. The zero-order valence-electron chi connectivity index (χ0n) is 9.69. The molecule has 0 aliphatic heterocycles. The summed E-state index contributed by atoms with van der Waals surface area (Å²) < 4.78 is 17.9. The van der Waals surface area contributed by atoms with Crippen molar-refractivity contribution in [3.63, 3.8) is 0 Å². The summed E-state index contributed by atoms with van der Waals surface area (Å²) in [6.07, 6.45) is 2.43. The molecule has 90 valence electrons. The summed E-state index contributed by atoms with van der Waals surface area (Å²) in [5.74, 6) is -0.204. The lowest BCUT2D eigenvalue weighted by molar-refractivity contribution is 0.403. The molecule has 1 atom stereocenters. The van der Waals surface area contributed by atoms with E-state index in [4.69, 9.17) is 4.52 Å². The molecule has 0 spiro atoms. The lowest BCUT2D eigenvalue weighted by Gasteiger charge is -2.16. The average molecular weight is 234 g/mol. The Morgan fingerprint density at radius 3 is 2.94 bits per heavy atom. The predicted octanol–water partition coefficient (Wildman–Crippen LogP) is 3.05. The lowest BCUT2D eigenvalue weighted by Crippen LogP contribution is -2.20. The molecule has 2 aromatic rings. The maximum absolute atomic E-state index is 13.1. The third-order valence-corrected chi connectivity index (χ3v) is 2.68. The van der Waals surface area contributed by atoms with Crippen molar-refractivity contribution in [1.82, 2.24) is 10.5 Å². The summed E-state index contributed by atoms with van der Waals surface area (Å²) in [6, 6.07) is 8.60. The van der Waals surface area contributed by atoms with Crippen molar-refractivity contribution in [2.24, 2.45) is 0 Å². The Balaban J connectivity index is 2.01. The molecule has 0 saturated carbocycles. The molecular weight excluding hydrogens is 219 g/mol. The fourth-order valence-corrected chi connectivity index (χ4v) is 1.78. The number of rotatable bonds is 5. The fraction of sp³-hybridized carbons (Fsp3) is 0.308. The van der Waals surface area contributed by atoms with Crippen molar-refractivity contribution in [2.75, 3.05) is 0 Å². The number of nitrogens with one attached hydrogen (secondary N) is 1. The van der Waals surface area contributed by atoms with Gasteiger partial charge in [-0.25, -0.2) is 4.39 Å². The number of hydrogen-bond acceptors (Lipinski definition) is 3. The molecule has 1 heterocycles. The number of hydrogen-bond donors (Lipinski definition) is 1. The van der Waals surface area contributed by atoms with Crippen LogP contribution in [0.1, 0.15) is 30.6 Å². The first-order chi connectivity index (χ1) is 8.29. The number of benzene rings is 1. The van der Waals surface area contributed by atoms with Gasteiger partial charge in [-0.15, -0.1) is 0 Å². The van der Waals surface area contributed by atoms with Gasteiger partial charge in [-0.1, -0.05) is 24.2 Å². The zero-order valence-corrected chi connectivity index (χ0v) is 9.69. The maximum atomic E-state index is 13.1. The molecule has 0 radical (unpaired) electrons. The molecule has 0 bridgehead atoms. The molecule has 1 aromatic carbocycles. The molecule has 1 N–H and O–H groups in total. The SMILES string of the molecule is CCC(NCc1ccon1)c1cccc(F)c1. The van der Waals surface area contributed by atoms with Gasteiger partial charge in [0, 0.05) is 18.7 Å². The second kappa shape index (κ2) is 5.59. The van der Waals surface area contributed by atoms with E-state index in [2.05, 4.69) is 17.4 Å². The van der Waals surface area contributed by atoms with Gasteiger partial charge in [-0.05, 0) is 24.1 Å². The molecule has 0 amide bonds. The van der Waals surface area contributed by atoms with E-state index in [1.807, 2.05) is 12.1 Å². The van der Waals surface area contributed by atoms with Gasteiger partial charge in [0.15, 0.2) is 0 Å². The van der Waals surface area contributed by atoms with Crippen molar-refractivity contribution < 1.29 is 8.91 Å². The normalized spacial score (nSPS) is 12.6. The molecule has 0 aliphatic rings.